The Morgan fingerprint density at radius 2 is 1.21 bits per heavy atom. The Hall–Kier alpha value is -3.64. The van der Waals surface area contributed by atoms with Crippen molar-refractivity contribution in [2.24, 2.45) is 0 Å². The standard InChI is InChI=1S/C27H30N4O2/c1-21(28-27(33)29-24-15-9-4-10-16-24)26(32)31-19-17-30(18-20-31)25(22-11-5-2-6-12-22)23-13-7-3-8-14-23/h2-16,21,25H,17-20H2,1H3,(H2,28,29,33). The zero-order chi connectivity index (χ0) is 23.0. The van der Waals surface area contributed by atoms with E-state index in [0.717, 1.165) is 13.1 Å². The van der Waals surface area contributed by atoms with Crippen molar-refractivity contribution in [2.75, 3.05) is 31.5 Å². The number of urea groups is 1. The Balaban J connectivity index is 1.36. The number of amides is 3. The number of carbonyl (C=O) groups excluding carboxylic acids is 2. The summed E-state index contributed by atoms with van der Waals surface area (Å²) in [6.07, 6.45) is 0. The van der Waals surface area contributed by atoms with Gasteiger partial charge in [-0.2, -0.15) is 0 Å². The maximum absolute atomic E-state index is 13.0. The third kappa shape index (κ3) is 5.79. The maximum Gasteiger partial charge on any atom is 0.319 e. The first-order valence-corrected chi connectivity index (χ1v) is 11.4. The van der Waals surface area contributed by atoms with Crippen LogP contribution in [0, 0.1) is 0 Å². The molecule has 1 heterocycles. The van der Waals surface area contributed by atoms with Crippen LogP contribution in [-0.2, 0) is 4.79 Å². The Morgan fingerprint density at radius 3 is 1.73 bits per heavy atom. The smallest absolute Gasteiger partial charge is 0.319 e. The summed E-state index contributed by atoms with van der Waals surface area (Å²) in [4.78, 5) is 29.5. The zero-order valence-corrected chi connectivity index (χ0v) is 18.9. The molecule has 0 radical (unpaired) electrons. The number of nitrogens with zero attached hydrogens (tertiary/aromatic N) is 2. The first-order chi connectivity index (χ1) is 16.1. The molecule has 3 amide bonds. The first-order valence-electron chi connectivity index (χ1n) is 11.4. The minimum atomic E-state index is -0.598. The van der Waals surface area contributed by atoms with Gasteiger partial charge in [0.2, 0.25) is 5.91 Å². The molecule has 3 aromatic carbocycles. The highest BCUT2D eigenvalue weighted by atomic mass is 16.2. The molecule has 3 aromatic rings. The van der Waals surface area contributed by atoms with Gasteiger partial charge in [0.15, 0.2) is 0 Å². The van der Waals surface area contributed by atoms with Crippen molar-refractivity contribution in [3.63, 3.8) is 0 Å². The van der Waals surface area contributed by atoms with E-state index in [0.29, 0.717) is 18.8 Å². The van der Waals surface area contributed by atoms with Gasteiger partial charge in [0.05, 0.1) is 6.04 Å². The second kappa shape index (κ2) is 10.8. The highest BCUT2D eigenvalue weighted by molar-refractivity contribution is 5.93. The number of nitrogens with one attached hydrogen (secondary N) is 2. The molecule has 1 unspecified atom stereocenters. The molecule has 0 saturated carbocycles. The van der Waals surface area contributed by atoms with Gasteiger partial charge in [-0.1, -0.05) is 78.9 Å². The van der Waals surface area contributed by atoms with Crippen LogP contribution in [-0.4, -0.2) is 54.0 Å². The van der Waals surface area contributed by atoms with Crippen LogP contribution in [0.25, 0.3) is 0 Å². The monoisotopic (exact) mass is 442 g/mol. The molecule has 0 aromatic heterocycles. The van der Waals surface area contributed by atoms with E-state index in [9.17, 15) is 9.59 Å². The largest absolute Gasteiger partial charge is 0.338 e. The number of piperazine rings is 1. The molecule has 1 aliphatic heterocycles. The third-order valence-corrected chi connectivity index (χ3v) is 5.97. The van der Waals surface area contributed by atoms with Crippen LogP contribution < -0.4 is 10.6 Å². The molecule has 1 saturated heterocycles. The molecule has 33 heavy (non-hydrogen) atoms. The number of benzene rings is 3. The average molecular weight is 443 g/mol. The van der Waals surface area contributed by atoms with Crippen LogP contribution in [0.5, 0.6) is 0 Å². The van der Waals surface area contributed by atoms with Gasteiger partial charge >= 0.3 is 6.03 Å². The Morgan fingerprint density at radius 1 is 0.727 bits per heavy atom. The normalized spacial score (nSPS) is 15.2. The van der Waals surface area contributed by atoms with Crippen LogP contribution in [0.15, 0.2) is 91.0 Å². The van der Waals surface area contributed by atoms with E-state index in [4.69, 9.17) is 0 Å². The molecule has 4 rings (SSSR count). The lowest BCUT2D eigenvalue weighted by molar-refractivity contribution is -0.134. The van der Waals surface area contributed by atoms with E-state index >= 15 is 0 Å². The highest BCUT2D eigenvalue weighted by Crippen LogP contribution is 2.29. The van der Waals surface area contributed by atoms with Gasteiger partial charge in [-0.25, -0.2) is 4.79 Å². The highest BCUT2D eigenvalue weighted by Gasteiger charge is 2.30. The minimum absolute atomic E-state index is 0.0613. The predicted molar refractivity (Wildman–Crippen MR) is 131 cm³/mol. The summed E-state index contributed by atoms with van der Waals surface area (Å²) in [7, 11) is 0. The molecule has 170 valence electrons. The van der Waals surface area contributed by atoms with Crippen molar-refractivity contribution in [3.8, 4) is 0 Å². The van der Waals surface area contributed by atoms with Gasteiger partial charge in [-0.05, 0) is 30.2 Å². The van der Waals surface area contributed by atoms with E-state index in [-0.39, 0.29) is 18.0 Å². The summed E-state index contributed by atoms with van der Waals surface area (Å²) in [5.74, 6) is -0.0613. The molecule has 0 spiro atoms. The number of hydrogen-bond donors (Lipinski definition) is 2. The summed E-state index contributed by atoms with van der Waals surface area (Å²) >= 11 is 0. The van der Waals surface area contributed by atoms with Crippen LogP contribution >= 0.6 is 0 Å². The Labute approximate surface area is 195 Å². The lowest BCUT2D eigenvalue weighted by Gasteiger charge is -2.40. The first kappa shape index (κ1) is 22.6. The zero-order valence-electron chi connectivity index (χ0n) is 18.9. The molecular weight excluding hydrogens is 412 g/mol. The lowest BCUT2D eigenvalue weighted by Crippen LogP contribution is -2.55. The van der Waals surface area contributed by atoms with Crippen molar-refractivity contribution in [2.45, 2.75) is 19.0 Å². The van der Waals surface area contributed by atoms with Crippen molar-refractivity contribution in [1.29, 1.82) is 0 Å². The van der Waals surface area contributed by atoms with Gasteiger partial charge in [-0.3, -0.25) is 9.69 Å². The predicted octanol–water partition coefficient (Wildman–Crippen LogP) is 4.13. The van der Waals surface area contributed by atoms with E-state index < -0.39 is 6.04 Å². The molecule has 1 aliphatic rings. The van der Waals surface area contributed by atoms with Gasteiger partial charge in [0.1, 0.15) is 6.04 Å². The van der Waals surface area contributed by atoms with Gasteiger partial charge in [0.25, 0.3) is 0 Å². The number of hydrogen-bond acceptors (Lipinski definition) is 3. The molecule has 1 fully saturated rings. The number of anilines is 1. The second-order valence-corrected chi connectivity index (χ2v) is 8.27. The fourth-order valence-corrected chi connectivity index (χ4v) is 4.31. The van der Waals surface area contributed by atoms with Gasteiger partial charge in [-0.15, -0.1) is 0 Å². The van der Waals surface area contributed by atoms with Crippen molar-refractivity contribution >= 4 is 17.6 Å². The summed E-state index contributed by atoms with van der Waals surface area (Å²) in [6.45, 7) is 4.52. The van der Waals surface area contributed by atoms with Gasteiger partial charge in [0, 0.05) is 31.9 Å². The van der Waals surface area contributed by atoms with E-state index in [1.54, 1.807) is 19.1 Å². The molecule has 0 aliphatic carbocycles. The maximum atomic E-state index is 13.0. The van der Waals surface area contributed by atoms with E-state index in [1.165, 1.54) is 11.1 Å². The quantitative estimate of drug-likeness (QED) is 0.603. The van der Waals surface area contributed by atoms with Crippen LogP contribution in [0.4, 0.5) is 10.5 Å². The Bertz CT molecular complexity index is 996. The van der Waals surface area contributed by atoms with E-state index in [2.05, 4.69) is 64.1 Å². The topological polar surface area (TPSA) is 64.7 Å². The number of rotatable bonds is 6. The molecule has 2 N–H and O–H groups in total. The molecule has 1 atom stereocenters. The lowest BCUT2D eigenvalue weighted by atomic mass is 9.96. The average Bonchev–Trinajstić information content (AvgIpc) is 2.86. The third-order valence-electron chi connectivity index (χ3n) is 5.97. The van der Waals surface area contributed by atoms with Crippen molar-refractivity contribution in [3.05, 3.63) is 102 Å². The second-order valence-electron chi connectivity index (χ2n) is 8.27. The SMILES string of the molecule is CC(NC(=O)Nc1ccccc1)C(=O)N1CCN(C(c2ccccc2)c2ccccc2)CC1. The molecule has 6 nitrogen and oxygen atoms in total. The van der Waals surface area contributed by atoms with Crippen molar-refractivity contribution in [1.82, 2.24) is 15.1 Å². The summed E-state index contributed by atoms with van der Waals surface area (Å²) < 4.78 is 0. The fourth-order valence-electron chi connectivity index (χ4n) is 4.31. The minimum Gasteiger partial charge on any atom is -0.338 e. The van der Waals surface area contributed by atoms with Gasteiger partial charge < -0.3 is 15.5 Å². The van der Waals surface area contributed by atoms with Crippen molar-refractivity contribution < 1.29 is 9.59 Å². The number of carbonyl (C=O) groups is 2. The fraction of sp³-hybridized carbons (Fsp3) is 0.259. The Kier molecular flexibility index (Phi) is 7.37. The van der Waals surface area contributed by atoms with Crippen LogP contribution in [0.3, 0.4) is 0 Å². The molecule has 0 bridgehead atoms. The van der Waals surface area contributed by atoms with Crippen LogP contribution in [0.2, 0.25) is 0 Å². The summed E-state index contributed by atoms with van der Waals surface area (Å²) in [5.41, 5.74) is 3.18. The molecular formula is C27H30N4O2. The summed E-state index contributed by atoms with van der Waals surface area (Å²) in [5, 5.41) is 5.52. The number of para-hydroxylation sites is 1. The molecule has 6 heteroatoms. The van der Waals surface area contributed by atoms with Crippen LogP contribution in [0.1, 0.15) is 24.1 Å². The summed E-state index contributed by atoms with van der Waals surface area (Å²) in [6, 6.07) is 29.3. The van der Waals surface area contributed by atoms with E-state index in [1.807, 2.05) is 35.2 Å².